The number of hydrogen-bond donors (Lipinski definition) is 0. The van der Waals surface area contributed by atoms with Crippen LogP contribution in [0, 0.1) is 0 Å². The van der Waals surface area contributed by atoms with Gasteiger partial charge in [-0.1, -0.05) is 17.7 Å². The molecular formula is C19H28ClN3O2. The van der Waals surface area contributed by atoms with Gasteiger partial charge in [-0.3, -0.25) is 9.69 Å². The first-order valence-corrected chi connectivity index (χ1v) is 9.58. The molecule has 1 atom stereocenters. The molecule has 1 aromatic rings. The van der Waals surface area contributed by atoms with Crippen molar-refractivity contribution in [2.24, 2.45) is 0 Å². The molecule has 0 aliphatic carbocycles. The Kier molecular flexibility index (Phi) is 6.57. The molecule has 0 N–H and O–H groups in total. The highest BCUT2D eigenvalue weighted by molar-refractivity contribution is 6.30. The smallest absolute Gasteiger partial charge is 0.236 e. The fourth-order valence-corrected chi connectivity index (χ4v) is 3.77. The van der Waals surface area contributed by atoms with Gasteiger partial charge in [0.05, 0.1) is 12.6 Å². The fraction of sp³-hybridized carbons (Fsp3) is 0.632. The van der Waals surface area contributed by atoms with Crippen LogP contribution in [-0.2, 0) is 9.53 Å². The Balaban J connectivity index is 1.43. The molecule has 0 aromatic heterocycles. The van der Waals surface area contributed by atoms with Gasteiger partial charge in [-0.15, -0.1) is 0 Å². The maximum Gasteiger partial charge on any atom is 0.236 e. The lowest BCUT2D eigenvalue weighted by atomic mass is 10.1. The molecule has 2 aliphatic heterocycles. The van der Waals surface area contributed by atoms with Crippen LogP contribution in [0.3, 0.4) is 0 Å². The lowest BCUT2D eigenvalue weighted by molar-refractivity contribution is -0.132. The van der Waals surface area contributed by atoms with Crippen LogP contribution >= 0.6 is 11.6 Å². The molecule has 6 heteroatoms. The molecule has 5 nitrogen and oxygen atoms in total. The third-order valence-corrected chi connectivity index (χ3v) is 5.24. The number of amides is 1. The molecule has 0 saturated carbocycles. The SMILES string of the molecule is CN(CC(=O)N1CCN(c2cccc(Cl)c2)CC1)CC1CCCCO1. The molecule has 1 amide bonds. The van der Waals surface area contributed by atoms with Gasteiger partial charge in [0.1, 0.15) is 0 Å². The van der Waals surface area contributed by atoms with Gasteiger partial charge < -0.3 is 14.5 Å². The molecule has 0 radical (unpaired) electrons. The highest BCUT2D eigenvalue weighted by atomic mass is 35.5. The highest BCUT2D eigenvalue weighted by Gasteiger charge is 2.23. The molecule has 3 rings (SSSR count). The molecule has 2 saturated heterocycles. The van der Waals surface area contributed by atoms with E-state index in [2.05, 4.69) is 15.9 Å². The minimum Gasteiger partial charge on any atom is -0.377 e. The fourth-order valence-electron chi connectivity index (χ4n) is 3.58. The topological polar surface area (TPSA) is 36.0 Å². The van der Waals surface area contributed by atoms with Crippen molar-refractivity contribution >= 4 is 23.2 Å². The summed E-state index contributed by atoms with van der Waals surface area (Å²) in [6.07, 6.45) is 3.79. The van der Waals surface area contributed by atoms with Crippen LogP contribution in [0.2, 0.25) is 5.02 Å². The van der Waals surface area contributed by atoms with Crippen LogP contribution in [0.25, 0.3) is 0 Å². The summed E-state index contributed by atoms with van der Waals surface area (Å²) < 4.78 is 5.76. The van der Waals surface area contributed by atoms with Gasteiger partial charge in [0, 0.05) is 50.0 Å². The number of ether oxygens (including phenoxy) is 1. The Labute approximate surface area is 155 Å². The van der Waals surface area contributed by atoms with Crippen LogP contribution in [0.4, 0.5) is 5.69 Å². The van der Waals surface area contributed by atoms with Crippen molar-refractivity contribution in [1.82, 2.24) is 9.80 Å². The van der Waals surface area contributed by atoms with Gasteiger partial charge in [0.2, 0.25) is 5.91 Å². The Hall–Kier alpha value is -1.30. The quantitative estimate of drug-likeness (QED) is 0.803. The zero-order valence-corrected chi connectivity index (χ0v) is 15.7. The Morgan fingerprint density at radius 1 is 1.28 bits per heavy atom. The lowest BCUT2D eigenvalue weighted by Crippen LogP contribution is -2.51. The van der Waals surface area contributed by atoms with Crippen molar-refractivity contribution in [3.8, 4) is 0 Å². The predicted octanol–water partition coefficient (Wildman–Crippen LogP) is 2.49. The number of hydrogen-bond acceptors (Lipinski definition) is 4. The molecule has 2 aliphatic rings. The Bertz CT molecular complexity index is 570. The van der Waals surface area contributed by atoms with Gasteiger partial charge in [-0.05, 0) is 44.5 Å². The van der Waals surface area contributed by atoms with Gasteiger partial charge in [-0.25, -0.2) is 0 Å². The van der Waals surface area contributed by atoms with Crippen molar-refractivity contribution < 1.29 is 9.53 Å². The van der Waals surface area contributed by atoms with Gasteiger partial charge in [0.15, 0.2) is 0 Å². The first-order chi connectivity index (χ1) is 12.1. The minimum absolute atomic E-state index is 0.212. The largest absolute Gasteiger partial charge is 0.377 e. The van der Waals surface area contributed by atoms with Crippen LogP contribution in [-0.4, -0.2) is 74.7 Å². The molecular weight excluding hydrogens is 338 g/mol. The van der Waals surface area contributed by atoms with Crippen LogP contribution in [0.1, 0.15) is 19.3 Å². The summed E-state index contributed by atoms with van der Waals surface area (Å²) in [7, 11) is 2.01. The number of anilines is 1. The summed E-state index contributed by atoms with van der Waals surface area (Å²) >= 11 is 6.07. The van der Waals surface area contributed by atoms with E-state index in [-0.39, 0.29) is 12.0 Å². The van der Waals surface area contributed by atoms with E-state index in [1.165, 1.54) is 6.42 Å². The van der Waals surface area contributed by atoms with Crippen LogP contribution < -0.4 is 4.90 Å². The lowest BCUT2D eigenvalue weighted by Gasteiger charge is -2.37. The van der Waals surface area contributed by atoms with E-state index in [0.29, 0.717) is 6.54 Å². The maximum atomic E-state index is 12.6. The number of carbonyl (C=O) groups excluding carboxylic acids is 1. The maximum absolute atomic E-state index is 12.6. The van der Waals surface area contributed by atoms with Crippen molar-refractivity contribution in [2.75, 3.05) is 57.8 Å². The van der Waals surface area contributed by atoms with E-state index in [4.69, 9.17) is 16.3 Å². The van der Waals surface area contributed by atoms with Crippen molar-refractivity contribution in [1.29, 1.82) is 0 Å². The molecule has 25 heavy (non-hydrogen) atoms. The second-order valence-electron chi connectivity index (χ2n) is 7.03. The minimum atomic E-state index is 0.212. The van der Waals surface area contributed by atoms with E-state index in [1.54, 1.807) is 0 Å². The van der Waals surface area contributed by atoms with Gasteiger partial charge in [0.25, 0.3) is 0 Å². The number of carbonyl (C=O) groups is 1. The average Bonchev–Trinajstić information content (AvgIpc) is 2.62. The second-order valence-corrected chi connectivity index (χ2v) is 7.47. The molecule has 0 bridgehead atoms. The molecule has 2 fully saturated rings. The van der Waals surface area contributed by atoms with E-state index in [9.17, 15) is 4.79 Å². The number of nitrogens with zero attached hydrogens (tertiary/aromatic N) is 3. The van der Waals surface area contributed by atoms with Crippen molar-refractivity contribution in [2.45, 2.75) is 25.4 Å². The summed E-state index contributed by atoms with van der Waals surface area (Å²) in [6, 6.07) is 7.91. The number of likely N-dealkylation sites (N-methyl/N-ethyl adjacent to an activating group) is 1. The van der Waals surface area contributed by atoms with E-state index >= 15 is 0 Å². The first kappa shape index (κ1) is 18.5. The van der Waals surface area contributed by atoms with Crippen molar-refractivity contribution in [3.63, 3.8) is 0 Å². The third-order valence-electron chi connectivity index (χ3n) is 5.00. The second kappa shape index (κ2) is 8.88. The summed E-state index contributed by atoms with van der Waals surface area (Å²) in [5.41, 5.74) is 1.13. The molecule has 138 valence electrons. The monoisotopic (exact) mass is 365 g/mol. The number of rotatable bonds is 5. The Morgan fingerprint density at radius 3 is 2.76 bits per heavy atom. The number of halogens is 1. The standard InChI is InChI=1S/C19H28ClN3O2/c1-21(14-18-7-2-3-12-25-18)15-19(24)23-10-8-22(9-11-23)17-6-4-5-16(20)13-17/h4-6,13,18H,2-3,7-12,14-15H2,1H3. The van der Waals surface area contributed by atoms with E-state index < -0.39 is 0 Å². The summed E-state index contributed by atoms with van der Waals surface area (Å²) in [5, 5.41) is 0.752. The third kappa shape index (κ3) is 5.33. The molecule has 1 aromatic carbocycles. The van der Waals surface area contributed by atoms with Gasteiger partial charge >= 0.3 is 0 Å². The first-order valence-electron chi connectivity index (χ1n) is 9.20. The summed E-state index contributed by atoms with van der Waals surface area (Å²) in [5.74, 6) is 0.212. The summed E-state index contributed by atoms with van der Waals surface area (Å²) in [6.45, 7) is 5.39. The average molecular weight is 366 g/mol. The normalized spacial score (nSPS) is 21.6. The van der Waals surface area contributed by atoms with Gasteiger partial charge in [-0.2, -0.15) is 0 Å². The molecule has 2 heterocycles. The highest BCUT2D eigenvalue weighted by Crippen LogP contribution is 2.21. The van der Waals surface area contributed by atoms with Crippen LogP contribution in [0.15, 0.2) is 24.3 Å². The van der Waals surface area contributed by atoms with E-state index in [0.717, 1.165) is 62.9 Å². The Morgan fingerprint density at radius 2 is 2.08 bits per heavy atom. The summed E-state index contributed by atoms with van der Waals surface area (Å²) in [4.78, 5) is 18.9. The molecule has 0 spiro atoms. The van der Waals surface area contributed by atoms with E-state index in [1.807, 2.05) is 30.1 Å². The zero-order valence-electron chi connectivity index (χ0n) is 15.0. The molecule has 1 unspecified atom stereocenters. The van der Waals surface area contributed by atoms with Crippen molar-refractivity contribution in [3.05, 3.63) is 29.3 Å². The van der Waals surface area contributed by atoms with Crippen LogP contribution in [0.5, 0.6) is 0 Å². The zero-order chi connectivity index (χ0) is 17.6. The number of benzene rings is 1. The number of piperazine rings is 1. The predicted molar refractivity (Wildman–Crippen MR) is 101 cm³/mol.